The highest BCUT2D eigenvalue weighted by atomic mass is 16.2. The Morgan fingerprint density at radius 3 is 2.55 bits per heavy atom. The van der Waals surface area contributed by atoms with Crippen molar-refractivity contribution in [1.29, 1.82) is 0 Å². The lowest BCUT2D eigenvalue weighted by atomic mass is 10.1. The average Bonchev–Trinajstić information content (AvgIpc) is 2.74. The standard InChI is InChI=1S/C23H20N4O2/c1-15-11-12-18-20(24-15)9-6-10-21(18)25-23(29)16(2)27-22(28)14-13-19(26-27)17-7-4-3-5-8-17/h3-14,16H,1-2H3,(H,25,29). The van der Waals surface area contributed by atoms with Crippen LogP contribution in [0.2, 0.25) is 0 Å². The van der Waals surface area contributed by atoms with Gasteiger partial charge in [0.25, 0.3) is 5.56 Å². The van der Waals surface area contributed by atoms with E-state index >= 15 is 0 Å². The molecule has 1 atom stereocenters. The fraction of sp³-hybridized carbons (Fsp3) is 0.130. The molecule has 0 bridgehead atoms. The van der Waals surface area contributed by atoms with Crippen LogP contribution >= 0.6 is 0 Å². The zero-order valence-corrected chi connectivity index (χ0v) is 16.2. The Labute approximate surface area is 167 Å². The fourth-order valence-electron chi connectivity index (χ4n) is 3.18. The van der Waals surface area contributed by atoms with E-state index in [9.17, 15) is 9.59 Å². The number of benzene rings is 2. The van der Waals surface area contributed by atoms with Gasteiger partial charge >= 0.3 is 0 Å². The minimum absolute atomic E-state index is 0.321. The van der Waals surface area contributed by atoms with Crippen molar-refractivity contribution in [3.05, 3.63) is 88.8 Å². The molecule has 29 heavy (non-hydrogen) atoms. The molecule has 1 amide bonds. The van der Waals surface area contributed by atoms with E-state index in [4.69, 9.17) is 0 Å². The monoisotopic (exact) mass is 384 g/mol. The normalized spacial score (nSPS) is 11.9. The van der Waals surface area contributed by atoms with Crippen molar-refractivity contribution in [2.45, 2.75) is 19.9 Å². The number of carbonyl (C=O) groups excluding carboxylic acids is 1. The van der Waals surface area contributed by atoms with Crippen molar-refractivity contribution in [3.63, 3.8) is 0 Å². The lowest BCUT2D eigenvalue weighted by Crippen LogP contribution is -2.33. The second kappa shape index (κ2) is 7.67. The lowest BCUT2D eigenvalue weighted by Gasteiger charge is -2.16. The maximum Gasteiger partial charge on any atom is 0.267 e. The van der Waals surface area contributed by atoms with Crippen LogP contribution in [0.3, 0.4) is 0 Å². The largest absolute Gasteiger partial charge is 0.324 e. The summed E-state index contributed by atoms with van der Waals surface area (Å²) in [5.74, 6) is -0.321. The summed E-state index contributed by atoms with van der Waals surface area (Å²) in [6, 6.07) is 21.2. The zero-order chi connectivity index (χ0) is 20.4. The highest BCUT2D eigenvalue weighted by Crippen LogP contribution is 2.23. The summed E-state index contributed by atoms with van der Waals surface area (Å²) in [6.45, 7) is 3.58. The van der Waals surface area contributed by atoms with Crippen molar-refractivity contribution in [3.8, 4) is 11.3 Å². The number of nitrogens with one attached hydrogen (secondary N) is 1. The van der Waals surface area contributed by atoms with Crippen LogP contribution in [-0.4, -0.2) is 20.7 Å². The molecule has 0 aliphatic carbocycles. The molecular weight excluding hydrogens is 364 g/mol. The number of aromatic nitrogens is 3. The molecule has 0 saturated carbocycles. The number of hydrogen-bond acceptors (Lipinski definition) is 4. The third kappa shape index (κ3) is 3.78. The van der Waals surface area contributed by atoms with Crippen LogP contribution in [0.5, 0.6) is 0 Å². The Morgan fingerprint density at radius 1 is 0.966 bits per heavy atom. The van der Waals surface area contributed by atoms with Gasteiger partial charge in [-0.05, 0) is 44.2 Å². The zero-order valence-electron chi connectivity index (χ0n) is 16.2. The van der Waals surface area contributed by atoms with Gasteiger partial charge in [-0.25, -0.2) is 4.68 Å². The third-order valence-electron chi connectivity index (χ3n) is 4.77. The van der Waals surface area contributed by atoms with Gasteiger partial charge in [0.05, 0.1) is 16.9 Å². The SMILES string of the molecule is Cc1ccc2c(NC(=O)C(C)n3nc(-c4ccccc4)ccc3=O)cccc2n1. The molecule has 2 heterocycles. The van der Waals surface area contributed by atoms with Gasteiger partial charge in [0.1, 0.15) is 6.04 Å². The summed E-state index contributed by atoms with van der Waals surface area (Å²) < 4.78 is 1.21. The van der Waals surface area contributed by atoms with Gasteiger partial charge in [0.2, 0.25) is 5.91 Å². The van der Waals surface area contributed by atoms with Gasteiger partial charge in [0, 0.05) is 22.7 Å². The quantitative estimate of drug-likeness (QED) is 0.578. The predicted octanol–water partition coefficient (Wildman–Crippen LogP) is 3.97. The molecule has 2 aromatic heterocycles. The van der Waals surface area contributed by atoms with E-state index in [1.54, 1.807) is 13.0 Å². The minimum atomic E-state index is -0.778. The summed E-state index contributed by atoms with van der Waals surface area (Å²) in [6.07, 6.45) is 0. The van der Waals surface area contributed by atoms with Gasteiger partial charge in [-0.3, -0.25) is 14.6 Å². The first-order valence-corrected chi connectivity index (χ1v) is 9.35. The Kier molecular flexibility index (Phi) is 4.91. The first-order chi connectivity index (χ1) is 14.0. The number of aryl methyl sites for hydroxylation is 1. The highest BCUT2D eigenvalue weighted by Gasteiger charge is 2.19. The molecule has 144 valence electrons. The van der Waals surface area contributed by atoms with E-state index in [0.717, 1.165) is 22.2 Å². The van der Waals surface area contributed by atoms with Gasteiger partial charge in [-0.2, -0.15) is 5.10 Å². The number of hydrogen-bond donors (Lipinski definition) is 1. The van der Waals surface area contributed by atoms with Gasteiger partial charge in [0.15, 0.2) is 0 Å². The van der Waals surface area contributed by atoms with Crippen molar-refractivity contribution in [2.24, 2.45) is 0 Å². The van der Waals surface area contributed by atoms with Gasteiger partial charge < -0.3 is 5.32 Å². The molecule has 0 aliphatic heterocycles. The maximum atomic E-state index is 12.9. The molecule has 4 rings (SSSR count). The second-order valence-corrected chi connectivity index (χ2v) is 6.86. The first-order valence-electron chi connectivity index (χ1n) is 9.35. The van der Waals surface area contributed by atoms with Crippen LogP contribution in [0.15, 0.2) is 77.6 Å². The number of nitrogens with zero attached hydrogens (tertiary/aromatic N) is 3. The smallest absolute Gasteiger partial charge is 0.267 e. The molecule has 2 aromatic carbocycles. The summed E-state index contributed by atoms with van der Waals surface area (Å²) in [5.41, 5.74) is 3.54. The van der Waals surface area contributed by atoms with E-state index in [0.29, 0.717) is 11.4 Å². The van der Waals surface area contributed by atoms with E-state index in [2.05, 4.69) is 15.4 Å². The van der Waals surface area contributed by atoms with Crippen molar-refractivity contribution in [1.82, 2.24) is 14.8 Å². The van der Waals surface area contributed by atoms with Crippen LogP contribution in [0, 0.1) is 6.92 Å². The molecule has 0 radical (unpaired) electrons. The minimum Gasteiger partial charge on any atom is -0.324 e. The second-order valence-electron chi connectivity index (χ2n) is 6.86. The summed E-state index contributed by atoms with van der Waals surface area (Å²) in [5, 5.41) is 8.16. The van der Waals surface area contributed by atoms with Gasteiger partial charge in [-0.15, -0.1) is 0 Å². The summed E-state index contributed by atoms with van der Waals surface area (Å²) in [7, 11) is 0. The van der Waals surface area contributed by atoms with E-state index in [1.807, 2.05) is 67.6 Å². The lowest BCUT2D eigenvalue weighted by molar-refractivity contribution is -0.119. The number of rotatable bonds is 4. The Balaban J connectivity index is 1.64. The first kappa shape index (κ1) is 18.6. The topological polar surface area (TPSA) is 76.9 Å². The maximum absolute atomic E-state index is 12.9. The van der Waals surface area contributed by atoms with Crippen molar-refractivity contribution in [2.75, 3.05) is 5.32 Å². The Morgan fingerprint density at radius 2 is 1.76 bits per heavy atom. The molecule has 0 aliphatic rings. The molecule has 0 saturated heterocycles. The van der Waals surface area contributed by atoms with Crippen LogP contribution in [0.1, 0.15) is 18.7 Å². The molecule has 1 unspecified atom stereocenters. The molecule has 6 nitrogen and oxygen atoms in total. The molecule has 4 aromatic rings. The number of anilines is 1. The van der Waals surface area contributed by atoms with E-state index in [-0.39, 0.29) is 11.5 Å². The number of fused-ring (bicyclic) bond motifs is 1. The molecule has 0 fully saturated rings. The van der Waals surface area contributed by atoms with Crippen molar-refractivity contribution < 1.29 is 4.79 Å². The van der Waals surface area contributed by atoms with E-state index in [1.165, 1.54) is 10.7 Å². The van der Waals surface area contributed by atoms with Crippen LogP contribution in [0.4, 0.5) is 5.69 Å². The van der Waals surface area contributed by atoms with Crippen LogP contribution in [-0.2, 0) is 4.79 Å². The summed E-state index contributed by atoms with van der Waals surface area (Å²) >= 11 is 0. The molecule has 6 heteroatoms. The summed E-state index contributed by atoms with van der Waals surface area (Å²) in [4.78, 5) is 29.7. The van der Waals surface area contributed by atoms with E-state index < -0.39 is 6.04 Å². The number of pyridine rings is 1. The Hall–Kier alpha value is -3.80. The Bertz CT molecular complexity index is 1250. The number of carbonyl (C=O) groups is 1. The highest BCUT2D eigenvalue weighted by molar-refractivity contribution is 6.02. The van der Waals surface area contributed by atoms with Crippen LogP contribution < -0.4 is 10.9 Å². The third-order valence-corrected chi connectivity index (χ3v) is 4.77. The molecule has 1 N–H and O–H groups in total. The predicted molar refractivity (Wildman–Crippen MR) is 114 cm³/mol. The molecule has 0 spiro atoms. The molecular formula is C23H20N4O2. The average molecular weight is 384 g/mol. The van der Waals surface area contributed by atoms with Crippen LogP contribution in [0.25, 0.3) is 22.2 Å². The number of amides is 1. The van der Waals surface area contributed by atoms with Crippen molar-refractivity contribution >= 4 is 22.5 Å². The van der Waals surface area contributed by atoms with Gasteiger partial charge in [-0.1, -0.05) is 36.4 Å². The fourth-order valence-corrected chi connectivity index (χ4v) is 3.18.